The molecule has 0 spiro atoms. The number of aromatic nitrogens is 3. The van der Waals surface area contributed by atoms with E-state index in [0.717, 1.165) is 11.1 Å². The van der Waals surface area contributed by atoms with E-state index in [-0.39, 0.29) is 5.91 Å². The Morgan fingerprint density at radius 2 is 1.82 bits per heavy atom. The number of benzene rings is 3. The number of fused-ring (bicyclic) bond motifs is 1. The Morgan fingerprint density at radius 1 is 1.05 bits per heavy atom. The summed E-state index contributed by atoms with van der Waals surface area (Å²) >= 11 is 20.4. The molecule has 2 heterocycles. The second-order valence-corrected chi connectivity index (χ2v) is 10.6. The van der Waals surface area contributed by atoms with Crippen LogP contribution in [0.1, 0.15) is 24.1 Å². The van der Waals surface area contributed by atoms with Crippen LogP contribution in [0.5, 0.6) is 5.75 Å². The molecule has 0 saturated heterocycles. The minimum Gasteiger partial charge on any atom is -0.495 e. The molecule has 0 fully saturated rings. The fourth-order valence-electron chi connectivity index (χ4n) is 4.17. The molecule has 1 aliphatic heterocycles. The van der Waals surface area contributed by atoms with Crippen molar-refractivity contribution >= 4 is 64.1 Å². The highest BCUT2D eigenvalue weighted by Gasteiger charge is 2.35. The predicted octanol–water partition coefficient (Wildman–Crippen LogP) is 7.47. The zero-order valence-electron chi connectivity index (χ0n) is 20.3. The van der Waals surface area contributed by atoms with Gasteiger partial charge in [0, 0.05) is 16.5 Å². The molecule has 11 heteroatoms. The van der Waals surface area contributed by atoms with Crippen molar-refractivity contribution in [3.63, 3.8) is 0 Å². The van der Waals surface area contributed by atoms with E-state index in [0.29, 0.717) is 54.6 Å². The van der Waals surface area contributed by atoms with E-state index in [4.69, 9.17) is 44.6 Å². The zero-order valence-corrected chi connectivity index (χ0v) is 23.4. The van der Waals surface area contributed by atoms with Crippen molar-refractivity contribution in [1.82, 2.24) is 14.8 Å². The molecule has 1 atom stereocenters. The standard InChI is InChI=1S/C27H22Cl3N5O2S/c1-15-23(25(36)32-21-9-5-6-10-22(21)37-2)24(16-11-12-19(29)20(30)13-16)35-26(31-15)33-27(34-35)38-14-17-7-3-4-8-18(17)28/h3-13,24H,14H2,1-2H3,(H,32,36)(H,31,33,34). The number of carbonyl (C=O) groups excluding carboxylic acids is 1. The highest BCUT2D eigenvalue weighted by Crippen LogP contribution is 2.39. The SMILES string of the molecule is COc1ccccc1NC(=O)C1=C(C)Nc2nc(SCc3ccccc3Cl)nn2C1c1ccc(Cl)c(Cl)c1. The number of rotatable bonds is 7. The quantitative estimate of drug-likeness (QED) is 0.219. The van der Waals surface area contributed by atoms with Crippen LogP contribution in [0.3, 0.4) is 0 Å². The third-order valence-corrected chi connectivity index (χ3v) is 8.00. The highest BCUT2D eigenvalue weighted by molar-refractivity contribution is 7.98. The van der Waals surface area contributed by atoms with Gasteiger partial charge in [-0.15, -0.1) is 5.10 Å². The molecule has 4 aromatic rings. The molecule has 2 N–H and O–H groups in total. The highest BCUT2D eigenvalue weighted by atomic mass is 35.5. The number of nitrogens with zero attached hydrogens (tertiary/aromatic N) is 3. The van der Waals surface area contributed by atoms with Gasteiger partial charge in [0.1, 0.15) is 11.8 Å². The van der Waals surface area contributed by atoms with E-state index < -0.39 is 6.04 Å². The summed E-state index contributed by atoms with van der Waals surface area (Å²) in [5, 5.41) is 13.0. The summed E-state index contributed by atoms with van der Waals surface area (Å²) in [7, 11) is 1.56. The molecule has 1 aromatic heterocycles. The number of thioether (sulfide) groups is 1. The fourth-order valence-corrected chi connectivity index (χ4v) is 5.59. The van der Waals surface area contributed by atoms with Crippen molar-refractivity contribution in [2.45, 2.75) is 23.9 Å². The Kier molecular flexibility index (Phi) is 7.85. The van der Waals surface area contributed by atoms with E-state index in [1.54, 1.807) is 36.1 Å². The molecular formula is C27H22Cl3N5O2S. The van der Waals surface area contributed by atoms with Crippen molar-refractivity contribution < 1.29 is 9.53 Å². The van der Waals surface area contributed by atoms with Crippen LogP contribution in [0.4, 0.5) is 11.6 Å². The number of amides is 1. The minimum absolute atomic E-state index is 0.318. The van der Waals surface area contributed by atoms with Crippen molar-refractivity contribution in [3.05, 3.63) is 104 Å². The molecular weight excluding hydrogens is 565 g/mol. The third-order valence-electron chi connectivity index (χ3n) is 6.01. The van der Waals surface area contributed by atoms with E-state index >= 15 is 0 Å². The van der Waals surface area contributed by atoms with Crippen LogP contribution in [0.15, 0.2) is 83.2 Å². The lowest BCUT2D eigenvalue weighted by molar-refractivity contribution is -0.113. The Labute approximate surface area is 239 Å². The van der Waals surface area contributed by atoms with Gasteiger partial charge >= 0.3 is 0 Å². The lowest BCUT2D eigenvalue weighted by atomic mass is 9.95. The number of nitrogens with one attached hydrogen (secondary N) is 2. The maximum absolute atomic E-state index is 13.7. The summed E-state index contributed by atoms with van der Waals surface area (Å²) in [6.45, 7) is 1.83. The number of halogens is 3. The van der Waals surface area contributed by atoms with Gasteiger partial charge in [0.05, 0.1) is 28.4 Å². The van der Waals surface area contributed by atoms with E-state index in [2.05, 4.69) is 15.6 Å². The van der Waals surface area contributed by atoms with Crippen LogP contribution in [0.25, 0.3) is 0 Å². The number of carbonyl (C=O) groups is 1. The van der Waals surface area contributed by atoms with Crippen LogP contribution in [-0.2, 0) is 10.5 Å². The normalized spacial score (nSPS) is 14.6. The first-order valence-electron chi connectivity index (χ1n) is 11.6. The van der Waals surface area contributed by atoms with Crippen LogP contribution < -0.4 is 15.4 Å². The molecule has 0 aliphatic carbocycles. The number of hydrogen-bond donors (Lipinski definition) is 2. The average Bonchev–Trinajstić information content (AvgIpc) is 3.31. The first kappa shape index (κ1) is 26.4. The second-order valence-electron chi connectivity index (χ2n) is 8.44. The number of hydrogen-bond acceptors (Lipinski definition) is 6. The Balaban J connectivity index is 1.52. The van der Waals surface area contributed by atoms with Crippen LogP contribution in [0, 0.1) is 0 Å². The molecule has 1 unspecified atom stereocenters. The Morgan fingerprint density at radius 3 is 2.58 bits per heavy atom. The number of anilines is 2. The van der Waals surface area contributed by atoms with E-state index in [1.165, 1.54) is 11.8 Å². The van der Waals surface area contributed by atoms with Gasteiger partial charge < -0.3 is 15.4 Å². The number of methoxy groups -OCH3 is 1. The Bertz CT molecular complexity index is 1560. The first-order chi connectivity index (χ1) is 18.4. The smallest absolute Gasteiger partial charge is 0.255 e. The van der Waals surface area contributed by atoms with Gasteiger partial charge in [-0.3, -0.25) is 4.79 Å². The van der Waals surface area contributed by atoms with Gasteiger partial charge in [0.15, 0.2) is 0 Å². The van der Waals surface area contributed by atoms with Crippen LogP contribution >= 0.6 is 46.6 Å². The molecule has 1 amide bonds. The summed E-state index contributed by atoms with van der Waals surface area (Å²) in [5.41, 5.74) is 3.35. The molecule has 38 heavy (non-hydrogen) atoms. The summed E-state index contributed by atoms with van der Waals surface area (Å²) in [6, 6.07) is 19.5. The van der Waals surface area contributed by atoms with Gasteiger partial charge in [-0.25, -0.2) is 4.68 Å². The molecule has 194 valence electrons. The molecule has 0 bridgehead atoms. The monoisotopic (exact) mass is 585 g/mol. The van der Waals surface area contributed by atoms with Gasteiger partial charge in [0.2, 0.25) is 11.1 Å². The number of ether oxygens (including phenoxy) is 1. The van der Waals surface area contributed by atoms with E-state index in [1.807, 2.05) is 49.4 Å². The summed E-state index contributed by atoms with van der Waals surface area (Å²) < 4.78 is 7.11. The molecule has 0 radical (unpaired) electrons. The molecule has 7 nitrogen and oxygen atoms in total. The van der Waals surface area contributed by atoms with Gasteiger partial charge in [-0.1, -0.05) is 83.0 Å². The summed E-state index contributed by atoms with van der Waals surface area (Å²) in [4.78, 5) is 18.4. The molecule has 0 saturated carbocycles. The van der Waals surface area contributed by atoms with Gasteiger partial charge in [-0.2, -0.15) is 4.98 Å². The van der Waals surface area contributed by atoms with Crippen molar-refractivity contribution in [1.29, 1.82) is 0 Å². The third kappa shape index (κ3) is 5.35. The fraction of sp³-hybridized carbons (Fsp3) is 0.148. The van der Waals surface area contributed by atoms with E-state index in [9.17, 15) is 4.79 Å². The average molecular weight is 587 g/mol. The summed E-state index contributed by atoms with van der Waals surface area (Å²) in [5.74, 6) is 1.33. The number of allylic oxidation sites excluding steroid dienone is 1. The second kappa shape index (κ2) is 11.3. The lowest BCUT2D eigenvalue weighted by Crippen LogP contribution is -2.31. The minimum atomic E-state index is -0.613. The maximum atomic E-state index is 13.7. The maximum Gasteiger partial charge on any atom is 0.255 e. The first-order valence-corrected chi connectivity index (χ1v) is 13.7. The zero-order chi connectivity index (χ0) is 26.8. The van der Waals surface area contributed by atoms with Crippen molar-refractivity contribution in [2.75, 3.05) is 17.7 Å². The molecule has 5 rings (SSSR count). The lowest BCUT2D eigenvalue weighted by Gasteiger charge is -2.29. The van der Waals surface area contributed by atoms with Crippen LogP contribution in [0.2, 0.25) is 15.1 Å². The topological polar surface area (TPSA) is 81.1 Å². The van der Waals surface area contributed by atoms with Crippen molar-refractivity contribution in [3.8, 4) is 5.75 Å². The van der Waals surface area contributed by atoms with Gasteiger partial charge in [0.25, 0.3) is 5.91 Å². The number of para-hydroxylation sites is 2. The Hall–Kier alpha value is -3.17. The summed E-state index contributed by atoms with van der Waals surface area (Å²) in [6.07, 6.45) is 0. The molecule has 3 aromatic carbocycles. The van der Waals surface area contributed by atoms with Gasteiger partial charge in [-0.05, 0) is 48.4 Å². The van der Waals surface area contributed by atoms with Crippen LogP contribution in [-0.4, -0.2) is 27.8 Å². The van der Waals surface area contributed by atoms with Crippen molar-refractivity contribution in [2.24, 2.45) is 0 Å². The predicted molar refractivity (Wildman–Crippen MR) is 154 cm³/mol. The largest absolute Gasteiger partial charge is 0.495 e. The molecule has 1 aliphatic rings.